The second-order valence-electron chi connectivity index (χ2n) is 8.84. The molecule has 2 heterocycles. The van der Waals surface area contributed by atoms with Gasteiger partial charge in [-0.05, 0) is 31.0 Å². The van der Waals surface area contributed by atoms with E-state index in [1.54, 1.807) is 23.1 Å². The Kier molecular flexibility index (Phi) is 8.00. The number of morpholine rings is 1. The molecule has 1 N–H and O–H groups in total. The lowest BCUT2D eigenvalue weighted by molar-refractivity contribution is -0.140. The van der Waals surface area contributed by atoms with Crippen LogP contribution in [0, 0.1) is 6.92 Å². The molecular weight excluding hydrogens is 444 g/mol. The molecule has 2 aliphatic rings. The van der Waals surface area contributed by atoms with Crippen LogP contribution in [0.1, 0.15) is 29.2 Å². The molecule has 0 radical (unpaired) electrons. The van der Waals surface area contributed by atoms with Crippen molar-refractivity contribution in [3.05, 3.63) is 83.4 Å². The van der Waals surface area contributed by atoms with E-state index in [2.05, 4.69) is 11.5 Å². The van der Waals surface area contributed by atoms with Gasteiger partial charge in [0.1, 0.15) is 18.1 Å². The normalized spacial score (nSPS) is 20.3. The van der Waals surface area contributed by atoms with Crippen LogP contribution in [0.5, 0.6) is 5.75 Å². The number of benzene rings is 2. The van der Waals surface area contributed by atoms with Crippen molar-refractivity contribution >= 4 is 17.4 Å². The van der Waals surface area contributed by atoms with Crippen molar-refractivity contribution < 1.29 is 24.2 Å². The Morgan fingerprint density at radius 2 is 1.89 bits per heavy atom. The van der Waals surface area contributed by atoms with Crippen molar-refractivity contribution in [2.75, 3.05) is 46.0 Å². The second kappa shape index (κ2) is 11.3. The fourth-order valence-corrected chi connectivity index (χ4v) is 4.54. The number of nitrogens with zero attached hydrogens (tertiary/aromatic N) is 2. The maximum absolute atomic E-state index is 13.2. The Morgan fingerprint density at radius 1 is 1.14 bits per heavy atom. The summed E-state index contributed by atoms with van der Waals surface area (Å²) in [6.45, 7) is 10.3. The van der Waals surface area contributed by atoms with E-state index in [4.69, 9.17) is 9.47 Å². The third kappa shape index (κ3) is 5.63. The Bertz CT molecular complexity index is 1100. The number of carbonyl (C=O) groups is 2. The Morgan fingerprint density at radius 3 is 2.60 bits per heavy atom. The summed E-state index contributed by atoms with van der Waals surface area (Å²) in [7, 11) is 0. The van der Waals surface area contributed by atoms with E-state index in [0.717, 1.165) is 25.2 Å². The Labute approximate surface area is 206 Å². The third-order valence-corrected chi connectivity index (χ3v) is 6.38. The molecule has 7 nitrogen and oxygen atoms in total. The zero-order chi connectivity index (χ0) is 24.8. The standard InChI is InChI=1S/C28H32N2O5/c1-3-16-35-23-7-4-6-22(19-23)25-24(26(31)21-10-8-20(2)9-11-21)27(32)28(33)30(25)13-5-12-29-14-17-34-18-15-29/h3-4,6-11,19,25,31H,1,5,12-18H2,2H3. The smallest absolute Gasteiger partial charge is 0.295 e. The van der Waals surface area contributed by atoms with Crippen LogP contribution < -0.4 is 4.74 Å². The number of ketones is 1. The van der Waals surface area contributed by atoms with Crippen LogP contribution in [0.3, 0.4) is 0 Å². The van der Waals surface area contributed by atoms with E-state index in [-0.39, 0.29) is 11.3 Å². The summed E-state index contributed by atoms with van der Waals surface area (Å²) in [6, 6.07) is 13.9. The zero-order valence-electron chi connectivity index (χ0n) is 20.1. The van der Waals surface area contributed by atoms with Crippen molar-refractivity contribution in [2.24, 2.45) is 0 Å². The van der Waals surface area contributed by atoms with Crippen LogP contribution in [0.25, 0.3) is 5.76 Å². The van der Waals surface area contributed by atoms with Gasteiger partial charge in [-0.2, -0.15) is 0 Å². The number of amides is 1. The summed E-state index contributed by atoms with van der Waals surface area (Å²) in [5.74, 6) is -0.821. The first-order chi connectivity index (χ1) is 17.0. The molecule has 1 unspecified atom stereocenters. The van der Waals surface area contributed by atoms with E-state index >= 15 is 0 Å². The van der Waals surface area contributed by atoms with Crippen molar-refractivity contribution in [2.45, 2.75) is 19.4 Å². The van der Waals surface area contributed by atoms with Gasteiger partial charge in [-0.15, -0.1) is 0 Å². The average Bonchev–Trinajstić information content (AvgIpc) is 3.13. The quantitative estimate of drug-likeness (QED) is 0.257. The molecule has 1 atom stereocenters. The number of aliphatic hydroxyl groups excluding tert-OH is 1. The highest BCUT2D eigenvalue weighted by Gasteiger charge is 2.45. The van der Waals surface area contributed by atoms with Crippen molar-refractivity contribution in [1.29, 1.82) is 0 Å². The molecule has 0 aliphatic carbocycles. The summed E-state index contributed by atoms with van der Waals surface area (Å²) in [6.07, 6.45) is 2.36. The number of hydrogen-bond donors (Lipinski definition) is 1. The summed E-state index contributed by atoms with van der Waals surface area (Å²) in [5, 5.41) is 11.2. The van der Waals surface area contributed by atoms with Gasteiger partial charge in [0.05, 0.1) is 24.8 Å². The van der Waals surface area contributed by atoms with Gasteiger partial charge >= 0.3 is 0 Å². The van der Waals surface area contributed by atoms with Gasteiger partial charge in [0.15, 0.2) is 0 Å². The fraction of sp³-hybridized carbons (Fsp3) is 0.357. The summed E-state index contributed by atoms with van der Waals surface area (Å²) < 4.78 is 11.1. The van der Waals surface area contributed by atoms with Gasteiger partial charge in [0.2, 0.25) is 0 Å². The lowest BCUT2D eigenvalue weighted by atomic mass is 9.95. The molecule has 2 fully saturated rings. The zero-order valence-corrected chi connectivity index (χ0v) is 20.1. The monoisotopic (exact) mass is 476 g/mol. The van der Waals surface area contributed by atoms with Crippen molar-refractivity contribution in [1.82, 2.24) is 9.80 Å². The number of aryl methyl sites for hydroxylation is 1. The first kappa shape index (κ1) is 24.7. The molecule has 0 bridgehead atoms. The lowest BCUT2D eigenvalue weighted by Gasteiger charge is -2.29. The van der Waals surface area contributed by atoms with E-state index in [1.165, 1.54) is 0 Å². The first-order valence-corrected chi connectivity index (χ1v) is 12.0. The van der Waals surface area contributed by atoms with Gasteiger partial charge < -0.3 is 19.5 Å². The number of rotatable bonds is 9. The molecule has 35 heavy (non-hydrogen) atoms. The minimum absolute atomic E-state index is 0.103. The van der Waals surface area contributed by atoms with Crippen LogP contribution in [-0.4, -0.2) is 72.6 Å². The number of likely N-dealkylation sites (tertiary alicyclic amines) is 1. The maximum Gasteiger partial charge on any atom is 0.295 e. The number of Topliss-reactive ketones (excluding diaryl/α,β-unsaturated/α-hetero) is 1. The van der Waals surface area contributed by atoms with E-state index < -0.39 is 17.7 Å². The van der Waals surface area contributed by atoms with Gasteiger partial charge in [-0.25, -0.2) is 0 Å². The fourth-order valence-electron chi connectivity index (χ4n) is 4.54. The Balaban J connectivity index is 1.68. The molecule has 4 rings (SSSR count). The highest BCUT2D eigenvalue weighted by Crippen LogP contribution is 2.40. The second-order valence-corrected chi connectivity index (χ2v) is 8.84. The molecule has 2 aromatic carbocycles. The van der Waals surface area contributed by atoms with Gasteiger partial charge in [0, 0.05) is 31.7 Å². The predicted octanol–water partition coefficient (Wildman–Crippen LogP) is 3.70. The molecule has 7 heteroatoms. The molecular formula is C28H32N2O5. The molecule has 1 amide bonds. The highest BCUT2D eigenvalue weighted by molar-refractivity contribution is 6.46. The van der Waals surface area contributed by atoms with E-state index in [9.17, 15) is 14.7 Å². The largest absolute Gasteiger partial charge is 0.507 e. The minimum atomic E-state index is -0.701. The first-order valence-electron chi connectivity index (χ1n) is 12.0. The van der Waals surface area contributed by atoms with Crippen LogP contribution in [0.2, 0.25) is 0 Å². The van der Waals surface area contributed by atoms with Crippen molar-refractivity contribution in [3.63, 3.8) is 0 Å². The third-order valence-electron chi connectivity index (χ3n) is 6.38. The van der Waals surface area contributed by atoms with E-state index in [1.807, 2.05) is 43.3 Å². The van der Waals surface area contributed by atoms with Gasteiger partial charge in [-0.3, -0.25) is 14.5 Å². The predicted molar refractivity (Wildman–Crippen MR) is 134 cm³/mol. The maximum atomic E-state index is 13.2. The summed E-state index contributed by atoms with van der Waals surface area (Å²) in [5.41, 5.74) is 2.36. The molecule has 0 spiro atoms. The van der Waals surface area contributed by atoms with Crippen molar-refractivity contribution in [3.8, 4) is 5.75 Å². The Hall–Kier alpha value is -3.42. The topological polar surface area (TPSA) is 79.3 Å². The van der Waals surface area contributed by atoms with Gasteiger partial charge in [0.25, 0.3) is 11.7 Å². The van der Waals surface area contributed by atoms with E-state index in [0.29, 0.717) is 49.7 Å². The molecule has 184 valence electrons. The molecule has 0 saturated carbocycles. The average molecular weight is 477 g/mol. The van der Waals surface area contributed by atoms with Crippen LogP contribution in [0.15, 0.2) is 66.8 Å². The summed E-state index contributed by atoms with van der Waals surface area (Å²) >= 11 is 0. The number of carbonyl (C=O) groups excluding carboxylic acids is 2. The number of ether oxygens (including phenoxy) is 2. The number of aliphatic hydroxyl groups is 1. The summed E-state index contributed by atoms with van der Waals surface area (Å²) in [4.78, 5) is 30.3. The molecule has 0 aromatic heterocycles. The highest BCUT2D eigenvalue weighted by atomic mass is 16.5. The molecule has 2 aromatic rings. The number of hydrogen-bond acceptors (Lipinski definition) is 6. The van der Waals surface area contributed by atoms with Gasteiger partial charge in [-0.1, -0.05) is 54.6 Å². The minimum Gasteiger partial charge on any atom is -0.507 e. The van der Waals surface area contributed by atoms with Crippen LogP contribution in [0.4, 0.5) is 0 Å². The van der Waals surface area contributed by atoms with Crippen LogP contribution in [-0.2, 0) is 14.3 Å². The lowest BCUT2D eigenvalue weighted by Crippen LogP contribution is -2.38. The van der Waals surface area contributed by atoms with Crippen LogP contribution >= 0.6 is 0 Å². The SMILES string of the molecule is C=CCOc1cccc(C2C(=C(O)c3ccc(C)cc3)C(=O)C(=O)N2CCCN2CCOCC2)c1. The molecule has 2 saturated heterocycles. The molecule has 2 aliphatic heterocycles.